The number of hydrogen-bond donors (Lipinski definition) is 2. The summed E-state index contributed by atoms with van der Waals surface area (Å²) in [5.41, 5.74) is 2.41. The number of aliphatic hydroxyl groups excluding tert-OH is 2. The van der Waals surface area contributed by atoms with Gasteiger partial charge in [-0.25, -0.2) is 14.8 Å². The summed E-state index contributed by atoms with van der Waals surface area (Å²) in [5.74, 6) is 1.56. The predicted octanol–water partition coefficient (Wildman–Crippen LogP) is 1.76. The summed E-state index contributed by atoms with van der Waals surface area (Å²) in [6, 6.07) is 10.6. The maximum atomic E-state index is 12.5. The second kappa shape index (κ2) is 10.1. The summed E-state index contributed by atoms with van der Waals surface area (Å²) in [7, 11) is 3.29. The fourth-order valence-electron chi connectivity index (χ4n) is 4.41. The Labute approximate surface area is 207 Å². The molecule has 1 saturated heterocycles. The lowest BCUT2D eigenvalue weighted by Gasteiger charge is -2.25. The zero-order valence-electron chi connectivity index (χ0n) is 20.0. The SMILES string of the molecule is COc1cnc2cccc(C(O)CN(C)CC(O)[C@H]3CN(c4ccc5c(c4)OCCO5)C(=O)O3)c2n1. The predicted molar refractivity (Wildman–Crippen MR) is 130 cm³/mol. The first-order chi connectivity index (χ1) is 17.4. The summed E-state index contributed by atoms with van der Waals surface area (Å²) in [6.45, 7) is 1.52. The highest BCUT2D eigenvalue weighted by Crippen LogP contribution is 2.35. The van der Waals surface area contributed by atoms with E-state index in [1.54, 1.807) is 42.3 Å². The van der Waals surface area contributed by atoms with E-state index in [4.69, 9.17) is 18.9 Å². The van der Waals surface area contributed by atoms with Gasteiger partial charge < -0.3 is 34.1 Å². The molecule has 36 heavy (non-hydrogen) atoms. The Morgan fingerprint density at radius 3 is 2.78 bits per heavy atom. The Morgan fingerprint density at radius 1 is 1.17 bits per heavy atom. The van der Waals surface area contributed by atoms with Gasteiger partial charge in [0.05, 0.1) is 42.7 Å². The molecule has 0 bridgehead atoms. The van der Waals surface area contributed by atoms with Gasteiger partial charge in [0, 0.05) is 24.7 Å². The van der Waals surface area contributed by atoms with Gasteiger partial charge in [-0.2, -0.15) is 0 Å². The van der Waals surface area contributed by atoms with E-state index in [1.165, 1.54) is 18.2 Å². The van der Waals surface area contributed by atoms with Crippen LogP contribution in [0.1, 0.15) is 11.7 Å². The van der Waals surface area contributed by atoms with Crippen LogP contribution < -0.4 is 19.1 Å². The number of nitrogens with zero attached hydrogens (tertiary/aromatic N) is 4. The molecular formula is C25H28N4O7. The third kappa shape index (κ3) is 4.85. The largest absolute Gasteiger partial charge is 0.486 e. The van der Waals surface area contributed by atoms with Crippen LogP contribution in [-0.4, -0.2) is 90.4 Å². The molecule has 190 valence electrons. The topological polar surface area (TPSA) is 127 Å². The summed E-state index contributed by atoms with van der Waals surface area (Å²) in [6.07, 6.45) is -1.58. The van der Waals surface area contributed by atoms with Gasteiger partial charge >= 0.3 is 6.09 Å². The molecule has 2 aromatic carbocycles. The lowest BCUT2D eigenvalue weighted by Crippen LogP contribution is -2.40. The van der Waals surface area contributed by atoms with Crippen LogP contribution in [0.5, 0.6) is 17.4 Å². The quantitative estimate of drug-likeness (QED) is 0.476. The highest BCUT2D eigenvalue weighted by atomic mass is 16.6. The molecular weight excluding hydrogens is 468 g/mol. The molecule has 0 saturated carbocycles. The Balaban J connectivity index is 1.21. The van der Waals surface area contributed by atoms with Gasteiger partial charge in [0.15, 0.2) is 11.5 Å². The van der Waals surface area contributed by atoms with Crippen molar-refractivity contribution in [3.63, 3.8) is 0 Å². The number of ether oxygens (including phenoxy) is 4. The van der Waals surface area contributed by atoms with Crippen LogP contribution >= 0.6 is 0 Å². The van der Waals surface area contributed by atoms with Crippen LogP contribution in [0, 0.1) is 0 Å². The van der Waals surface area contributed by atoms with E-state index in [1.807, 2.05) is 6.07 Å². The molecule has 2 aliphatic rings. The lowest BCUT2D eigenvalue weighted by molar-refractivity contribution is 0.00738. The molecule has 0 spiro atoms. The Hall–Kier alpha value is -3.67. The summed E-state index contributed by atoms with van der Waals surface area (Å²) in [4.78, 5) is 24.5. The molecule has 11 heteroatoms. The Morgan fingerprint density at radius 2 is 1.97 bits per heavy atom. The molecule has 3 heterocycles. The highest BCUT2D eigenvalue weighted by molar-refractivity contribution is 5.90. The van der Waals surface area contributed by atoms with Crippen molar-refractivity contribution >= 4 is 22.8 Å². The minimum Gasteiger partial charge on any atom is -0.486 e. The van der Waals surface area contributed by atoms with Crippen LogP contribution in [0.3, 0.4) is 0 Å². The third-order valence-corrected chi connectivity index (χ3v) is 6.24. The van der Waals surface area contributed by atoms with E-state index >= 15 is 0 Å². The first-order valence-electron chi connectivity index (χ1n) is 11.6. The number of hydrogen-bond acceptors (Lipinski definition) is 10. The fourth-order valence-corrected chi connectivity index (χ4v) is 4.41. The molecule has 2 unspecified atom stereocenters. The molecule has 3 atom stereocenters. The summed E-state index contributed by atoms with van der Waals surface area (Å²) >= 11 is 0. The van der Waals surface area contributed by atoms with Gasteiger partial charge in [0.1, 0.15) is 25.4 Å². The number of likely N-dealkylation sites (N-methyl/N-ethyl adjacent to an activating group) is 1. The van der Waals surface area contributed by atoms with Crippen LogP contribution in [0.4, 0.5) is 10.5 Å². The maximum Gasteiger partial charge on any atom is 0.414 e. The number of fused-ring (bicyclic) bond motifs is 2. The number of carbonyl (C=O) groups is 1. The minimum absolute atomic E-state index is 0.184. The minimum atomic E-state index is -0.958. The van der Waals surface area contributed by atoms with E-state index in [0.717, 1.165) is 0 Å². The van der Waals surface area contributed by atoms with Gasteiger partial charge in [0.2, 0.25) is 5.88 Å². The lowest BCUT2D eigenvalue weighted by atomic mass is 10.1. The fraction of sp³-hybridized carbons (Fsp3) is 0.400. The number of aliphatic hydroxyl groups is 2. The number of cyclic esters (lactones) is 1. The molecule has 0 aliphatic carbocycles. The maximum absolute atomic E-state index is 12.5. The number of benzene rings is 2. The average molecular weight is 497 g/mol. The van der Waals surface area contributed by atoms with Crippen molar-refractivity contribution in [2.24, 2.45) is 0 Å². The monoisotopic (exact) mass is 496 g/mol. The van der Waals surface area contributed by atoms with Gasteiger partial charge in [-0.3, -0.25) is 4.90 Å². The van der Waals surface area contributed by atoms with Gasteiger partial charge in [-0.15, -0.1) is 0 Å². The molecule has 1 fully saturated rings. The normalized spacial score (nSPS) is 18.9. The molecule has 5 rings (SSSR count). The Kier molecular flexibility index (Phi) is 6.77. The second-order valence-corrected chi connectivity index (χ2v) is 8.79. The van der Waals surface area contributed by atoms with Crippen molar-refractivity contribution in [2.75, 3.05) is 51.9 Å². The smallest absolute Gasteiger partial charge is 0.414 e. The van der Waals surface area contributed by atoms with Crippen molar-refractivity contribution < 1.29 is 34.0 Å². The van der Waals surface area contributed by atoms with Crippen LogP contribution in [0.25, 0.3) is 11.0 Å². The highest BCUT2D eigenvalue weighted by Gasteiger charge is 2.37. The zero-order valence-corrected chi connectivity index (χ0v) is 20.0. The number of rotatable bonds is 8. The van der Waals surface area contributed by atoms with E-state index in [-0.39, 0.29) is 19.6 Å². The van der Waals surface area contributed by atoms with Gasteiger partial charge in [-0.05, 0) is 25.2 Å². The molecule has 3 aromatic rings. The number of anilines is 1. The van der Waals surface area contributed by atoms with E-state index < -0.39 is 24.4 Å². The summed E-state index contributed by atoms with van der Waals surface area (Å²) < 4.78 is 21.7. The van der Waals surface area contributed by atoms with Gasteiger partial charge in [0.25, 0.3) is 0 Å². The van der Waals surface area contributed by atoms with E-state index in [0.29, 0.717) is 52.9 Å². The standard InChI is InChI=1S/C25H28N4O7/c1-28(12-18(30)16-4-3-5-17-24(16)27-23(33-2)11-26-17)13-19(31)22-14-29(25(32)36-22)15-6-7-20-21(10-15)35-9-8-34-20/h3-7,10-11,18-19,22,30-31H,8-9,12-14H2,1-2H3/t18?,19?,22-/m1/s1. The number of carbonyl (C=O) groups excluding carboxylic acids is 1. The van der Waals surface area contributed by atoms with Crippen LogP contribution in [0.2, 0.25) is 0 Å². The first kappa shape index (κ1) is 24.0. The average Bonchev–Trinajstić information content (AvgIpc) is 3.29. The summed E-state index contributed by atoms with van der Waals surface area (Å²) in [5, 5.41) is 21.7. The zero-order chi connectivity index (χ0) is 25.2. The molecule has 1 amide bonds. The van der Waals surface area contributed by atoms with Crippen molar-refractivity contribution in [3.05, 3.63) is 48.2 Å². The second-order valence-electron chi connectivity index (χ2n) is 8.79. The molecule has 0 radical (unpaired) electrons. The number of para-hydroxylation sites is 1. The van der Waals surface area contributed by atoms with Crippen molar-refractivity contribution in [1.29, 1.82) is 0 Å². The van der Waals surface area contributed by atoms with Crippen molar-refractivity contribution in [3.8, 4) is 17.4 Å². The molecule has 2 aliphatic heterocycles. The van der Waals surface area contributed by atoms with Crippen LogP contribution in [-0.2, 0) is 4.74 Å². The Bertz CT molecular complexity index is 1260. The van der Waals surface area contributed by atoms with Crippen molar-refractivity contribution in [2.45, 2.75) is 18.3 Å². The molecule has 11 nitrogen and oxygen atoms in total. The number of methoxy groups -OCH3 is 1. The van der Waals surface area contributed by atoms with E-state index in [2.05, 4.69) is 9.97 Å². The molecule has 2 N–H and O–H groups in total. The van der Waals surface area contributed by atoms with Gasteiger partial charge in [-0.1, -0.05) is 12.1 Å². The third-order valence-electron chi connectivity index (χ3n) is 6.24. The van der Waals surface area contributed by atoms with Crippen LogP contribution in [0.15, 0.2) is 42.6 Å². The number of amides is 1. The van der Waals surface area contributed by atoms with E-state index in [9.17, 15) is 15.0 Å². The molecule has 1 aromatic heterocycles. The first-order valence-corrected chi connectivity index (χ1v) is 11.6. The van der Waals surface area contributed by atoms with Crippen molar-refractivity contribution in [1.82, 2.24) is 14.9 Å². The number of aromatic nitrogens is 2.